The van der Waals surface area contributed by atoms with Gasteiger partial charge in [0.15, 0.2) is 0 Å². The molecule has 48 valence electrons. The van der Waals surface area contributed by atoms with Gasteiger partial charge in [-0.05, 0) is 22.6 Å². The average Bonchev–Trinajstić information content (AvgIpc) is 1.90. The predicted octanol–water partition coefficient (Wildman–Crippen LogP) is 0.540. The molecule has 1 aromatic heterocycles. The highest BCUT2D eigenvalue weighted by Crippen LogP contribution is 1.98. The first kappa shape index (κ1) is 6.88. The van der Waals surface area contributed by atoms with E-state index in [0.29, 0.717) is 12.4 Å². The molecule has 9 heavy (non-hydrogen) atoms. The summed E-state index contributed by atoms with van der Waals surface area (Å²) >= 11 is 2.15. The highest BCUT2D eigenvalue weighted by Gasteiger charge is 1.89. The second-order valence-electron chi connectivity index (χ2n) is 1.52. The number of hydrogen-bond donors (Lipinski definition) is 1. The molecule has 1 aromatic rings. The van der Waals surface area contributed by atoms with Gasteiger partial charge in [-0.1, -0.05) is 0 Å². The van der Waals surface area contributed by atoms with Gasteiger partial charge >= 0.3 is 0 Å². The molecule has 0 aliphatic carbocycles. The van der Waals surface area contributed by atoms with Crippen molar-refractivity contribution in [3.8, 4) is 0 Å². The Balaban J connectivity index is 2.88. The van der Waals surface area contributed by atoms with Crippen molar-refractivity contribution < 1.29 is 0 Å². The molecule has 3 nitrogen and oxygen atoms in total. The third-order valence-electron chi connectivity index (χ3n) is 0.856. The van der Waals surface area contributed by atoms with Gasteiger partial charge in [0.05, 0.1) is 6.54 Å². The second-order valence-corrected chi connectivity index (χ2v) is 2.77. The SMILES string of the molecule is NCc1ncc(I)cn1. The molecule has 2 N–H and O–H groups in total. The minimum Gasteiger partial charge on any atom is -0.324 e. The Bertz CT molecular complexity index is 184. The fourth-order valence-corrected chi connectivity index (χ4v) is 0.723. The maximum atomic E-state index is 5.27. The van der Waals surface area contributed by atoms with Crippen molar-refractivity contribution in [3.63, 3.8) is 0 Å². The molecule has 0 spiro atoms. The molecule has 0 bridgehead atoms. The summed E-state index contributed by atoms with van der Waals surface area (Å²) in [5.41, 5.74) is 5.27. The average molecular weight is 235 g/mol. The Morgan fingerprint density at radius 2 is 2.00 bits per heavy atom. The van der Waals surface area contributed by atoms with Crippen molar-refractivity contribution in [1.29, 1.82) is 0 Å². The minimum absolute atomic E-state index is 0.414. The van der Waals surface area contributed by atoms with Crippen LogP contribution in [0.15, 0.2) is 12.4 Å². The molecular weight excluding hydrogens is 229 g/mol. The molecule has 0 amide bonds. The summed E-state index contributed by atoms with van der Waals surface area (Å²) in [6, 6.07) is 0. The van der Waals surface area contributed by atoms with Crippen molar-refractivity contribution in [3.05, 3.63) is 21.8 Å². The Morgan fingerprint density at radius 1 is 1.44 bits per heavy atom. The van der Waals surface area contributed by atoms with Crippen LogP contribution in [0.2, 0.25) is 0 Å². The first-order valence-corrected chi connectivity index (χ1v) is 3.57. The van der Waals surface area contributed by atoms with E-state index in [0.717, 1.165) is 3.57 Å². The first-order chi connectivity index (χ1) is 4.33. The van der Waals surface area contributed by atoms with E-state index >= 15 is 0 Å². The van der Waals surface area contributed by atoms with E-state index in [-0.39, 0.29) is 0 Å². The van der Waals surface area contributed by atoms with Gasteiger partial charge in [-0.3, -0.25) is 0 Å². The van der Waals surface area contributed by atoms with Gasteiger partial charge in [-0.25, -0.2) is 9.97 Å². The minimum atomic E-state index is 0.414. The number of halogens is 1. The third kappa shape index (κ3) is 1.87. The molecule has 0 aromatic carbocycles. The monoisotopic (exact) mass is 235 g/mol. The van der Waals surface area contributed by atoms with Gasteiger partial charge in [0.1, 0.15) is 5.82 Å². The molecule has 4 heteroatoms. The smallest absolute Gasteiger partial charge is 0.141 e. The van der Waals surface area contributed by atoms with E-state index in [9.17, 15) is 0 Å². The highest BCUT2D eigenvalue weighted by molar-refractivity contribution is 14.1. The molecule has 0 saturated heterocycles. The van der Waals surface area contributed by atoms with Gasteiger partial charge < -0.3 is 5.73 Å². The van der Waals surface area contributed by atoms with E-state index in [4.69, 9.17) is 5.73 Å². The van der Waals surface area contributed by atoms with E-state index < -0.39 is 0 Å². The van der Waals surface area contributed by atoms with E-state index in [1.54, 1.807) is 12.4 Å². The third-order valence-corrected chi connectivity index (χ3v) is 1.41. The first-order valence-electron chi connectivity index (χ1n) is 2.49. The lowest BCUT2D eigenvalue weighted by molar-refractivity contribution is 0.904. The maximum Gasteiger partial charge on any atom is 0.141 e. The molecule has 1 heterocycles. The van der Waals surface area contributed by atoms with E-state index in [1.807, 2.05) is 0 Å². The number of hydrogen-bond acceptors (Lipinski definition) is 3. The van der Waals surface area contributed by atoms with E-state index in [2.05, 4.69) is 32.6 Å². The number of rotatable bonds is 1. The lowest BCUT2D eigenvalue weighted by Crippen LogP contribution is -2.01. The summed E-state index contributed by atoms with van der Waals surface area (Å²) < 4.78 is 1.03. The molecule has 0 aliphatic heterocycles. The summed E-state index contributed by atoms with van der Waals surface area (Å²) in [6.07, 6.45) is 3.49. The Kier molecular flexibility index (Phi) is 2.35. The zero-order chi connectivity index (χ0) is 6.69. The maximum absolute atomic E-state index is 5.27. The van der Waals surface area contributed by atoms with Gasteiger partial charge in [-0.2, -0.15) is 0 Å². The van der Waals surface area contributed by atoms with Crippen LogP contribution in [-0.2, 0) is 6.54 Å². The van der Waals surface area contributed by atoms with Crippen molar-refractivity contribution in [2.45, 2.75) is 6.54 Å². The van der Waals surface area contributed by atoms with E-state index in [1.165, 1.54) is 0 Å². The Labute approximate surface area is 66.8 Å². The zero-order valence-electron chi connectivity index (χ0n) is 4.71. The molecule has 0 saturated carbocycles. The fraction of sp³-hybridized carbons (Fsp3) is 0.200. The van der Waals surface area contributed by atoms with Crippen LogP contribution in [0.4, 0.5) is 0 Å². The van der Waals surface area contributed by atoms with Crippen LogP contribution in [-0.4, -0.2) is 9.97 Å². The Morgan fingerprint density at radius 3 is 2.44 bits per heavy atom. The van der Waals surface area contributed by atoms with Crippen LogP contribution >= 0.6 is 22.6 Å². The van der Waals surface area contributed by atoms with Gasteiger partial charge in [0, 0.05) is 16.0 Å². The van der Waals surface area contributed by atoms with Crippen LogP contribution in [0.1, 0.15) is 5.82 Å². The van der Waals surface area contributed by atoms with Gasteiger partial charge in [0.2, 0.25) is 0 Å². The van der Waals surface area contributed by atoms with Crippen LogP contribution in [0.5, 0.6) is 0 Å². The number of nitrogens with two attached hydrogens (primary N) is 1. The zero-order valence-corrected chi connectivity index (χ0v) is 6.87. The van der Waals surface area contributed by atoms with Crippen LogP contribution in [0.3, 0.4) is 0 Å². The molecule has 0 fully saturated rings. The number of nitrogens with zero attached hydrogens (tertiary/aromatic N) is 2. The Hall–Kier alpha value is -0.230. The van der Waals surface area contributed by atoms with Crippen molar-refractivity contribution in [2.24, 2.45) is 5.73 Å². The molecule has 0 radical (unpaired) electrons. The lowest BCUT2D eigenvalue weighted by Gasteiger charge is -1.91. The second kappa shape index (κ2) is 3.07. The summed E-state index contributed by atoms with van der Waals surface area (Å²) in [5.74, 6) is 0.690. The fourth-order valence-electron chi connectivity index (χ4n) is 0.444. The van der Waals surface area contributed by atoms with Crippen molar-refractivity contribution >= 4 is 22.6 Å². The van der Waals surface area contributed by atoms with Crippen molar-refractivity contribution in [2.75, 3.05) is 0 Å². The summed E-state index contributed by atoms with van der Waals surface area (Å²) in [5, 5.41) is 0. The number of aromatic nitrogens is 2. The van der Waals surface area contributed by atoms with Crippen LogP contribution in [0, 0.1) is 3.57 Å². The van der Waals surface area contributed by atoms with Crippen LogP contribution in [0.25, 0.3) is 0 Å². The molecule has 0 aliphatic rings. The topological polar surface area (TPSA) is 51.8 Å². The predicted molar refractivity (Wildman–Crippen MR) is 42.6 cm³/mol. The highest BCUT2D eigenvalue weighted by atomic mass is 127. The quantitative estimate of drug-likeness (QED) is 0.722. The van der Waals surface area contributed by atoms with Crippen molar-refractivity contribution in [1.82, 2.24) is 9.97 Å². The summed E-state index contributed by atoms with van der Waals surface area (Å²) in [7, 11) is 0. The van der Waals surface area contributed by atoms with Gasteiger partial charge in [-0.15, -0.1) is 0 Å². The molecule has 0 unspecified atom stereocenters. The summed E-state index contributed by atoms with van der Waals surface area (Å²) in [6.45, 7) is 0.414. The molecular formula is C5H6IN3. The van der Waals surface area contributed by atoms with Gasteiger partial charge in [0.25, 0.3) is 0 Å². The normalized spacial score (nSPS) is 9.56. The molecule has 1 rings (SSSR count). The largest absolute Gasteiger partial charge is 0.324 e. The standard InChI is InChI=1S/C5H6IN3/c6-4-2-8-5(1-7)9-3-4/h2-3H,1,7H2. The lowest BCUT2D eigenvalue weighted by atomic mass is 10.6. The van der Waals surface area contributed by atoms with Crippen LogP contribution < -0.4 is 5.73 Å². The molecule has 0 atom stereocenters. The summed E-state index contributed by atoms with van der Waals surface area (Å²) in [4.78, 5) is 7.91.